The molecule has 0 aliphatic rings. The Hall–Kier alpha value is -3.99. The molecular formula is C27H24ClN3O6S. The number of rotatable bonds is 8. The number of nitrogens with one attached hydrogen (secondary N) is 1. The fourth-order valence-electron chi connectivity index (χ4n) is 3.96. The van der Waals surface area contributed by atoms with Crippen LogP contribution in [0.2, 0.25) is 5.02 Å². The Balaban J connectivity index is 1.78. The average Bonchev–Trinajstić information content (AvgIpc) is 2.87. The van der Waals surface area contributed by atoms with Crippen molar-refractivity contribution in [2.45, 2.75) is 25.2 Å². The van der Waals surface area contributed by atoms with Gasteiger partial charge in [-0.1, -0.05) is 48.9 Å². The number of fused-ring (bicyclic) bond motifs is 1. The van der Waals surface area contributed by atoms with Gasteiger partial charge in [-0.2, -0.15) is 13.5 Å². The second-order valence-corrected chi connectivity index (χ2v) is 9.99. The fraction of sp³-hybridized carbons (Fsp3) is 0.148. The van der Waals surface area contributed by atoms with Gasteiger partial charge < -0.3 is 15.2 Å². The minimum absolute atomic E-state index is 0.000383. The molecule has 0 bridgehead atoms. The summed E-state index contributed by atoms with van der Waals surface area (Å²) in [5.41, 5.74) is 0.706. The molecule has 0 saturated carbocycles. The van der Waals surface area contributed by atoms with Crippen molar-refractivity contribution >= 4 is 55.5 Å². The molecule has 0 aliphatic heterocycles. The van der Waals surface area contributed by atoms with Crippen LogP contribution in [-0.2, 0) is 16.5 Å². The topological polar surface area (TPSA) is 138 Å². The van der Waals surface area contributed by atoms with Crippen molar-refractivity contribution in [1.82, 2.24) is 0 Å². The predicted octanol–water partition coefficient (Wildman–Crippen LogP) is 7.07. The molecule has 0 saturated heterocycles. The maximum atomic E-state index is 13.1. The summed E-state index contributed by atoms with van der Waals surface area (Å²) in [6, 6.07) is 17.9. The van der Waals surface area contributed by atoms with E-state index in [1.165, 1.54) is 12.1 Å². The van der Waals surface area contributed by atoms with Crippen molar-refractivity contribution in [2.24, 2.45) is 10.2 Å². The van der Waals surface area contributed by atoms with Crippen LogP contribution in [0, 0.1) is 0 Å². The van der Waals surface area contributed by atoms with Gasteiger partial charge in [-0.05, 0) is 54.6 Å². The number of phenolic OH excluding ortho intramolecular Hbond substituents is 1. The van der Waals surface area contributed by atoms with Crippen molar-refractivity contribution in [1.29, 1.82) is 0 Å². The minimum atomic E-state index is -4.57. The summed E-state index contributed by atoms with van der Waals surface area (Å²) in [6.45, 7) is 4.02. The Kier molecular flexibility index (Phi) is 7.96. The van der Waals surface area contributed by atoms with Crippen molar-refractivity contribution < 1.29 is 27.6 Å². The van der Waals surface area contributed by atoms with E-state index in [-0.39, 0.29) is 38.8 Å². The molecule has 4 aromatic rings. The van der Waals surface area contributed by atoms with E-state index in [9.17, 15) is 22.9 Å². The third kappa shape index (κ3) is 5.77. The lowest BCUT2D eigenvalue weighted by atomic mass is 10.0. The third-order valence-electron chi connectivity index (χ3n) is 5.68. The summed E-state index contributed by atoms with van der Waals surface area (Å²) in [7, 11) is -4.57. The smallest absolute Gasteiger partial charge is 0.294 e. The molecule has 4 aromatic carbocycles. The number of nitrogens with zero attached hydrogens (tertiary/aromatic N) is 2. The zero-order chi connectivity index (χ0) is 27.4. The molecule has 1 amide bonds. The second-order valence-electron chi connectivity index (χ2n) is 8.19. The van der Waals surface area contributed by atoms with E-state index in [2.05, 4.69) is 15.5 Å². The van der Waals surface area contributed by atoms with Gasteiger partial charge in [0, 0.05) is 22.2 Å². The number of carbonyl (C=O) groups excluding carboxylic acids is 1. The summed E-state index contributed by atoms with van der Waals surface area (Å²) < 4.78 is 38.9. The highest BCUT2D eigenvalue weighted by atomic mass is 35.5. The molecule has 0 heterocycles. The minimum Gasteiger partial charge on any atom is -0.505 e. The number of azo groups is 1. The molecule has 0 spiro atoms. The van der Waals surface area contributed by atoms with E-state index in [4.69, 9.17) is 16.3 Å². The number of ether oxygens (including phenoxy) is 1. The molecule has 38 heavy (non-hydrogen) atoms. The highest BCUT2D eigenvalue weighted by molar-refractivity contribution is 7.85. The molecule has 0 radical (unpaired) electrons. The van der Waals surface area contributed by atoms with Crippen LogP contribution < -0.4 is 10.1 Å². The van der Waals surface area contributed by atoms with Crippen LogP contribution in [0.3, 0.4) is 0 Å². The number of hydrogen-bond donors (Lipinski definition) is 3. The van der Waals surface area contributed by atoms with Crippen LogP contribution in [0.1, 0.15) is 29.8 Å². The Morgan fingerprint density at radius 3 is 2.50 bits per heavy atom. The molecule has 11 heteroatoms. The van der Waals surface area contributed by atoms with Crippen LogP contribution in [-0.4, -0.2) is 30.6 Å². The lowest BCUT2D eigenvalue weighted by molar-refractivity contribution is 0.102. The number of hydrogen-bond acceptors (Lipinski definition) is 7. The zero-order valence-corrected chi connectivity index (χ0v) is 22.0. The summed E-state index contributed by atoms with van der Waals surface area (Å²) in [5, 5.41) is 23.3. The number of halogens is 1. The highest BCUT2D eigenvalue weighted by Gasteiger charge is 2.21. The monoisotopic (exact) mass is 553 g/mol. The number of phenols is 1. The van der Waals surface area contributed by atoms with E-state index < -0.39 is 21.8 Å². The standard InChI is InChI=1S/C27H24ClN3O6S/c1-3-20-23(28)14-18(15-24(20)38(34,35)36)30-31-25-21-11-6-5-8-16(21)12-22(26(25)32)27(33)29-17-9-7-10-19(13-17)37-4-2/h5-15,32H,3-4H2,1-2H3,(H,29,33)(H,34,35,36). The van der Waals surface area contributed by atoms with Crippen molar-refractivity contribution in [2.75, 3.05) is 11.9 Å². The molecule has 196 valence electrons. The Bertz CT molecular complexity index is 1670. The normalized spacial score (nSPS) is 11.7. The van der Waals surface area contributed by atoms with Gasteiger partial charge in [-0.25, -0.2) is 0 Å². The van der Waals surface area contributed by atoms with E-state index in [0.29, 0.717) is 28.8 Å². The average molecular weight is 554 g/mol. The number of benzene rings is 4. The Morgan fingerprint density at radius 1 is 1.03 bits per heavy atom. The molecule has 0 aromatic heterocycles. The molecule has 0 atom stereocenters. The number of anilines is 1. The van der Waals surface area contributed by atoms with Gasteiger partial charge >= 0.3 is 0 Å². The van der Waals surface area contributed by atoms with E-state index in [1.807, 2.05) is 6.92 Å². The molecule has 9 nitrogen and oxygen atoms in total. The number of aromatic hydroxyl groups is 1. The van der Waals surface area contributed by atoms with E-state index >= 15 is 0 Å². The largest absolute Gasteiger partial charge is 0.505 e. The Morgan fingerprint density at radius 2 is 1.79 bits per heavy atom. The SMILES string of the molecule is CCOc1cccc(NC(=O)c2cc3ccccc3c(N=Nc3cc(Cl)c(CC)c(S(=O)(=O)O)c3)c2O)c1. The lowest BCUT2D eigenvalue weighted by Gasteiger charge is -2.12. The van der Waals surface area contributed by atoms with Crippen LogP contribution in [0.4, 0.5) is 17.1 Å². The highest BCUT2D eigenvalue weighted by Crippen LogP contribution is 2.40. The lowest BCUT2D eigenvalue weighted by Crippen LogP contribution is -2.12. The zero-order valence-electron chi connectivity index (χ0n) is 20.5. The number of carbonyl (C=O) groups is 1. The maximum absolute atomic E-state index is 13.1. The van der Waals surface area contributed by atoms with Crippen LogP contribution in [0.15, 0.2) is 81.9 Å². The first kappa shape index (κ1) is 27.1. The van der Waals surface area contributed by atoms with Gasteiger partial charge in [0.25, 0.3) is 16.0 Å². The van der Waals surface area contributed by atoms with Gasteiger partial charge in [0.15, 0.2) is 5.75 Å². The summed E-state index contributed by atoms with van der Waals surface area (Å²) in [4.78, 5) is 12.8. The Labute approximate surface area is 224 Å². The maximum Gasteiger partial charge on any atom is 0.294 e. The van der Waals surface area contributed by atoms with Crippen LogP contribution >= 0.6 is 11.6 Å². The quantitative estimate of drug-likeness (QED) is 0.157. The van der Waals surface area contributed by atoms with Gasteiger partial charge in [0.1, 0.15) is 16.3 Å². The molecule has 3 N–H and O–H groups in total. The van der Waals surface area contributed by atoms with E-state index in [0.717, 1.165) is 6.07 Å². The van der Waals surface area contributed by atoms with Gasteiger partial charge in [0.2, 0.25) is 0 Å². The van der Waals surface area contributed by atoms with Crippen molar-refractivity contribution in [3.63, 3.8) is 0 Å². The van der Waals surface area contributed by atoms with Crippen molar-refractivity contribution in [3.8, 4) is 11.5 Å². The first-order valence-corrected chi connectivity index (χ1v) is 13.4. The summed E-state index contributed by atoms with van der Waals surface area (Å²) >= 11 is 6.24. The van der Waals surface area contributed by atoms with Crippen LogP contribution in [0.5, 0.6) is 11.5 Å². The molecule has 4 rings (SSSR count). The molecule has 0 unspecified atom stereocenters. The summed E-state index contributed by atoms with van der Waals surface area (Å²) in [5.74, 6) is -0.418. The van der Waals surface area contributed by atoms with Gasteiger partial charge in [0.05, 0.1) is 17.9 Å². The molecule has 0 fully saturated rings. The number of amides is 1. The predicted molar refractivity (Wildman–Crippen MR) is 146 cm³/mol. The van der Waals surface area contributed by atoms with E-state index in [1.54, 1.807) is 55.5 Å². The second kappa shape index (κ2) is 11.2. The third-order valence-corrected chi connectivity index (χ3v) is 6.94. The molecule has 0 aliphatic carbocycles. The first-order chi connectivity index (χ1) is 18.1. The van der Waals surface area contributed by atoms with Crippen LogP contribution in [0.25, 0.3) is 10.8 Å². The van der Waals surface area contributed by atoms with Crippen molar-refractivity contribution in [3.05, 3.63) is 82.9 Å². The van der Waals surface area contributed by atoms with Gasteiger partial charge in [-0.3, -0.25) is 9.35 Å². The summed E-state index contributed by atoms with van der Waals surface area (Å²) in [6.07, 6.45) is 0.265. The fourth-order valence-corrected chi connectivity index (χ4v) is 5.20. The first-order valence-electron chi connectivity index (χ1n) is 11.6. The van der Waals surface area contributed by atoms with Gasteiger partial charge in [-0.15, -0.1) is 5.11 Å². The molecular weight excluding hydrogens is 530 g/mol.